The number of rotatable bonds is 7. The van der Waals surface area contributed by atoms with Crippen LogP contribution in [0.15, 0.2) is 0 Å². The van der Waals surface area contributed by atoms with Gasteiger partial charge in [0.2, 0.25) is 0 Å². The minimum absolute atomic E-state index is 0.0774. The van der Waals surface area contributed by atoms with Crippen molar-refractivity contribution in [3.8, 4) is 0 Å². The SMILES string of the molecule is C[C@H](CCCN(C)CC(=O)O)[C@H]1CC[C@H]2[C@@H]3[C@H](O)C[C@@H]4C[C@H](O)CC[C@]4(C)[C@H]3C[C@H](O)[C@]12C. The molecule has 0 radical (unpaired) electrons. The lowest BCUT2D eigenvalue weighted by Crippen LogP contribution is -2.62. The summed E-state index contributed by atoms with van der Waals surface area (Å²) in [5, 5.41) is 42.3. The lowest BCUT2D eigenvalue weighted by atomic mass is 9.43. The van der Waals surface area contributed by atoms with Crippen molar-refractivity contribution in [2.45, 2.75) is 96.9 Å². The number of aliphatic carboxylic acids is 1. The van der Waals surface area contributed by atoms with Crippen molar-refractivity contribution >= 4 is 5.97 Å². The molecule has 0 aliphatic heterocycles. The van der Waals surface area contributed by atoms with Crippen molar-refractivity contribution in [3.63, 3.8) is 0 Å². The fourth-order valence-electron chi connectivity index (χ4n) is 9.33. The summed E-state index contributed by atoms with van der Waals surface area (Å²) in [6.07, 6.45) is 7.52. The maximum Gasteiger partial charge on any atom is 0.317 e. The molecule has 6 nitrogen and oxygen atoms in total. The molecule has 4 fully saturated rings. The van der Waals surface area contributed by atoms with E-state index in [0.717, 1.165) is 64.3 Å². The largest absolute Gasteiger partial charge is 0.480 e. The van der Waals surface area contributed by atoms with Crippen LogP contribution in [0.5, 0.6) is 0 Å². The van der Waals surface area contributed by atoms with Gasteiger partial charge in [-0.2, -0.15) is 0 Å². The van der Waals surface area contributed by atoms with Crippen LogP contribution in [-0.2, 0) is 4.79 Å². The van der Waals surface area contributed by atoms with E-state index in [0.29, 0.717) is 29.6 Å². The first-order valence-corrected chi connectivity index (χ1v) is 13.4. The molecule has 0 heterocycles. The van der Waals surface area contributed by atoms with Gasteiger partial charge in [-0.1, -0.05) is 20.8 Å². The smallest absolute Gasteiger partial charge is 0.317 e. The third kappa shape index (κ3) is 4.39. The molecule has 0 aromatic heterocycles. The first-order chi connectivity index (χ1) is 15.5. The number of likely N-dealkylation sites (N-methyl/N-ethyl adjacent to an activating group) is 1. The van der Waals surface area contributed by atoms with Crippen LogP contribution in [0.2, 0.25) is 0 Å². The second-order valence-corrected chi connectivity index (χ2v) is 12.8. The number of hydrogen-bond acceptors (Lipinski definition) is 5. The average molecular weight is 466 g/mol. The Morgan fingerprint density at radius 1 is 1.06 bits per heavy atom. The van der Waals surface area contributed by atoms with Crippen molar-refractivity contribution < 1.29 is 25.2 Å². The molecule has 4 N–H and O–H groups in total. The number of aliphatic hydroxyl groups is 3. The summed E-state index contributed by atoms with van der Waals surface area (Å²) in [7, 11) is 1.86. The molecule has 33 heavy (non-hydrogen) atoms. The predicted octanol–water partition coefficient (Wildman–Crippen LogP) is 3.38. The van der Waals surface area contributed by atoms with Gasteiger partial charge in [0.15, 0.2) is 0 Å². The molecular formula is C27H47NO5. The van der Waals surface area contributed by atoms with Crippen LogP contribution in [0.1, 0.15) is 78.6 Å². The van der Waals surface area contributed by atoms with Gasteiger partial charge in [0.1, 0.15) is 0 Å². The Kier molecular flexibility index (Phi) is 7.24. The number of carbonyl (C=O) groups is 1. The quantitative estimate of drug-likeness (QED) is 0.460. The van der Waals surface area contributed by atoms with E-state index in [1.165, 1.54) is 0 Å². The molecule has 0 spiro atoms. The number of aliphatic hydroxyl groups excluding tert-OH is 3. The number of carboxylic acid groups (broad SMARTS) is 1. The van der Waals surface area contributed by atoms with Crippen molar-refractivity contribution in [1.82, 2.24) is 4.90 Å². The third-order valence-electron chi connectivity index (χ3n) is 11.1. The molecule has 6 heteroatoms. The Balaban J connectivity index is 1.47. The van der Waals surface area contributed by atoms with E-state index in [4.69, 9.17) is 5.11 Å². The van der Waals surface area contributed by atoms with Gasteiger partial charge >= 0.3 is 5.97 Å². The molecule has 0 saturated heterocycles. The second kappa shape index (κ2) is 9.40. The van der Waals surface area contributed by atoms with Crippen LogP contribution < -0.4 is 0 Å². The highest BCUT2D eigenvalue weighted by molar-refractivity contribution is 5.68. The second-order valence-electron chi connectivity index (χ2n) is 12.8. The van der Waals surface area contributed by atoms with E-state index in [1.807, 2.05) is 11.9 Å². The normalized spacial score (nSPS) is 48.1. The van der Waals surface area contributed by atoms with Gasteiger partial charge in [-0.3, -0.25) is 9.69 Å². The van der Waals surface area contributed by atoms with Crippen molar-refractivity contribution in [2.75, 3.05) is 20.1 Å². The van der Waals surface area contributed by atoms with Crippen LogP contribution in [0.4, 0.5) is 0 Å². The molecule has 0 unspecified atom stereocenters. The average Bonchev–Trinajstić information content (AvgIpc) is 3.08. The topological polar surface area (TPSA) is 101 Å². The van der Waals surface area contributed by atoms with Gasteiger partial charge in [-0.05, 0) is 118 Å². The number of hydrogen-bond donors (Lipinski definition) is 4. The summed E-state index contributed by atoms with van der Waals surface area (Å²) in [5.74, 6) is 1.43. The van der Waals surface area contributed by atoms with Crippen LogP contribution in [0.3, 0.4) is 0 Å². The van der Waals surface area contributed by atoms with Crippen LogP contribution >= 0.6 is 0 Å². The summed E-state index contributed by atoms with van der Waals surface area (Å²) >= 11 is 0. The Labute approximate surface area is 199 Å². The summed E-state index contributed by atoms with van der Waals surface area (Å²) in [4.78, 5) is 12.8. The monoisotopic (exact) mass is 465 g/mol. The highest BCUT2D eigenvalue weighted by Crippen LogP contribution is 2.68. The van der Waals surface area contributed by atoms with Crippen LogP contribution in [-0.4, -0.2) is 69.7 Å². The number of carboxylic acids is 1. The molecule has 4 aliphatic carbocycles. The lowest BCUT2D eigenvalue weighted by molar-refractivity contribution is -0.207. The van der Waals surface area contributed by atoms with Gasteiger partial charge in [0, 0.05) is 0 Å². The molecule has 11 atom stereocenters. The van der Waals surface area contributed by atoms with Gasteiger partial charge in [0.25, 0.3) is 0 Å². The first kappa shape index (κ1) is 25.4. The Bertz CT molecular complexity index is 717. The van der Waals surface area contributed by atoms with Crippen LogP contribution in [0.25, 0.3) is 0 Å². The zero-order chi connectivity index (χ0) is 24.1. The molecule has 4 rings (SSSR count). The van der Waals surface area contributed by atoms with E-state index < -0.39 is 5.97 Å². The molecule has 0 aromatic carbocycles. The van der Waals surface area contributed by atoms with Gasteiger partial charge in [-0.15, -0.1) is 0 Å². The van der Waals surface area contributed by atoms with Gasteiger partial charge < -0.3 is 20.4 Å². The van der Waals surface area contributed by atoms with E-state index in [2.05, 4.69) is 20.8 Å². The van der Waals surface area contributed by atoms with E-state index >= 15 is 0 Å². The molecule has 190 valence electrons. The van der Waals surface area contributed by atoms with E-state index in [-0.39, 0.29) is 41.6 Å². The maximum absolute atomic E-state index is 11.6. The first-order valence-electron chi connectivity index (χ1n) is 13.4. The Hall–Kier alpha value is -0.690. The maximum atomic E-state index is 11.6. The molecule has 0 aromatic rings. The molecule has 4 aliphatic rings. The minimum atomic E-state index is -0.786. The summed E-state index contributed by atoms with van der Waals surface area (Å²) in [6.45, 7) is 7.85. The third-order valence-corrected chi connectivity index (χ3v) is 11.1. The predicted molar refractivity (Wildman–Crippen MR) is 128 cm³/mol. The minimum Gasteiger partial charge on any atom is -0.480 e. The lowest BCUT2D eigenvalue weighted by Gasteiger charge is -2.63. The molecule has 0 amide bonds. The summed E-state index contributed by atoms with van der Waals surface area (Å²) in [5.41, 5.74) is -0.0459. The van der Waals surface area contributed by atoms with Gasteiger partial charge in [0.05, 0.1) is 24.9 Å². The summed E-state index contributed by atoms with van der Waals surface area (Å²) in [6, 6.07) is 0. The van der Waals surface area contributed by atoms with Gasteiger partial charge in [-0.25, -0.2) is 0 Å². The molecular weight excluding hydrogens is 418 g/mol. The number of fused-ring (bicyclic) bond motifs is 5. The van der Waals surface area contributed by atoms with Crippen molar-refractivity contribution in [2.24, 2.45) is 46.3 Å². The summed E-state index contributed by atoms with van der Waals surface area (Å²) < 4.78 is 0. The van der Waals surface area contributed by atoms with E-state index in [1.54, 1.807) is 0 Å². The number of nitrogens with zero attached hydrogens (tertiary/aromatic N) is 1. The highest BCUT2D eigenvalue weighted by atomic mass is 16.4. The van der Waals surface area contributed by atoms with Crippen LogP contribution in [0, 0.1) is 46.3 Å². The Morgan fingerprint density at radius 2 is 1.79 bits per heavy atom. The highest BCUT2D eigenvalue weighted by Gasteiger charge is 2.65. The zero-order valence-corrected chi connectivity index (χ0v) is 21.1. The zero-order valence-electron chi connectivity index (χ0n) is 21.1. The van der Waals surface area contributed by atoms with E-state index in [9.17, 15) is 20.1 Å². The molecule has 4 saturated carbocycles. The fraction of sp³-hybridized carbons (Fsp3) is 0.963. The fourth-order valence-corrected chi connectivity index (χ4v) is 9.33. The van der Waals surface area contributed by atoms with Crippen molar-refractivity contribution in [3.05, 3.63) is 0 Å². The Morgan fingerprint density at radius 3 is 2.48 bits per heavy atom. The molecule has 0 bridgehead atoms. The standard InChI is InChI=1S/C27H47NO5/c1-16(6-5-11-28(4)15-24(32)33)19-7-8-20-25-21(14-23(31)27(19,20)3)26(2)10-9-18(29)12-17(26)13-22(25)30/h16-23,25,29-31H,5-15H2,1-4H3,(H,32,33)/t16-,17+,18-,19-,20+,21+,22-,23+,25+,26+,27-/m1/s1. The van der Waals surface area contributed by atoms with Crippen molar-refractivity contribution in [1.29, 1.82) is 0 Å².